The Hall–Kier alpha value is -2.55. The van der Waals surface area contributed by atoms with Crippen LogP contribution in [0.3, 0.4) is 0 Å². The molecule has 0 saturated heterocycles. The Morgan fingerprint density at radius 1 is 0.900 bits per heavy atom. The van der Waals surface area contributed by atoms with E-state index in [0.717, 1.165) is 33.5 Å². The van der Waals surface area contributed by atoms with Gasteiger partial charge in [-0.2, -0.15) is 0 Å². The van der Waals surface area contributed by atoms with E-state index in [-0.39, 0.29) is 0 Å². The topological polar surface area (TPSA) is 31.4 Å². The predicted octanol–water partition coefficient (Wildman–Crippen LogP) is 3.92. The summed E-state index contributed by atoms with van der Waals surface area (Å²) in [5.41, 5.74) is 2.00. The van der Waals surface area contributed by atoms with Crippen molar-refractivity contribution in [2.24, 2.45) is 0 Å². The summed E-state index contributed by atoms with van der Waals surface area (Å²) in [6, 6.07) is 15.9. The third kappa shape index (κ3) is 2.18. The highest BCUT2D eigenvalue weighted by Gasteiger charge is 2.05. The van der Waals surface area contributed by atoms with E-state index in [0.29, 0.717) is 0 Å². The number of benzene rings is 2. The van der Waals surface area contributed by atoms with E-state index < -0.39 is 0 Å². The number of fused-ring (bicyclic) bond motifs is 1. The maximum absolute atomic E-state index is 5.35. The summed E-state index contributed by atoms with van der Waals surface area (Å²) in [5, 5.41) is 2.14. The standard InChI is InChI=1S/C17H15NO2/c1-19-14-8-6-12(7-9-14)16-10-13-4-3-5-17(20-2)15(13)11-18-16/h3-11H,1-2H3. The molecule has 0 N–H and O–H groups in total. The molecule has 3 heteroatoms. The Bertz CT molecular complexity index is 736. The Morgan fingerprint density at radius 2 is 1.70 bits per heavy atom. The van der Waals surface area contributed by atoms with Gasteiger partial charge in [-0.15, -0.1) is 0 Å². The lowest BCUT2D eigenvalue weighted by Gasteiger charge is -2.07. The van der Waals surface area contributed by atoms with Crippen molar-refractivity contribution < 1.29 is 9.47 Å². The summed E-state index contributed by atoms with van der Waals surface area (Å²) < 4.78 is 10.5. The van der Waals surface area contributed by atoms with E-state index in [1.807, 2.05) is 42.6 Å². The smallest absolute Gasteiger partial charge is 0.128 e. The van der Waals surface area contributed by atoms with Crippen LogP contribution in [-0.4, -0.2) is 19.2 Å². The van der Waals surface area contributed by atoms with Gasteiger partial charge in [0.2, 0.25) is 0 Å². The van der Waals surface area contributed by atoms with Crippen molar-refractivity contribution >= 4 is 10.8 Å². The van der Waals surface area contributed by atoms with Crippen molar-refractivity contribution in [3.8, 4) is 22.8 Å². The molecule has 0 saturated carbocycles. The highest BCUT2D eigenvalue weighted by molar-refractivity contribution is 5.90. The summed E-state index contributed by atoms with van der Waals surface area (Å²) >= 11 is 0. The number of nitrogens with zero attached hydrogens (tertiary/aromatic N) is 1. The van der Waals surface area contributed by atoms with Gasteiger partial charge in [-0.1, -0.05) is 12.1 Å². The molecule has 0 atom stereocenters. The van der Waals surface area contributed by atoms with Crippen molar-refractivity contribution in [1.29, 1.82) is 0 Å². The number of rotatable bonds is 3. The zero-order chi connectivity index (χ0) is 13.9. The van der Waals surface area contributed by atoms with Crippen LogP contribution >= 0.6 is 0 Å². The fraction of sp³-hybridized carbons (Fsp3) is 0.118. The molecule has 1 aromatic heterocycles. The SMILES string of the molecule is COc1ccc(-c2cc3cccc(OC)c3cn2)cc1. The van der Waals surface area contributed by atoms with E-state index in [1.165, 1.54) is 0 Å². The number of hydrogen-bond acceptors (Lipinski definition) is 3. The van der Waals surface area contributed by atoms with Crippen LogP contribution in [0.5, 0.6) is 11.5 Å². The molecule has 0 spiro atoms. The molecule has 100 valence electrons. The molecule has 0 unspecified atom stereocenters. The molecule has 1 heterocycles. The average Bonchev–Trinajstić information content (AvgIpc) is 2.53. The molecule has 3 nitrogen and oxygen atoms in total. The fourth-order valence-electron chi connectivity index (χ4n) is 2.24. The van der Waals surface area contributed by atoms with Crippen LogP contribution in [0.1, 0.15) is 0 Å². The minimum atomic E-state index is 0.844. The Morgan fingerprint density at radius 3 is 2.40 bits per heavy atom. The number of ether oxygens (including phenoxy) is 2. The van der Waals surface area contributed by atoms with Gasteiger partial charge >= 0.3 is 0 Å². The van der Waals surface area contributed by atoms with Crippen molar-refractivity contribution in [3.05, 3.63) is 54.7 Å². The highest BCUT2D eigenvalue weighted by atomic mass is 16.5. The molecule has 0 aliphatic heterocycles. The van der Waals surface area contributed by atoms with Gasteiger partial charge in [-0.25, -0.2) is 0 Å². The first-order valence-electron chi connectivity index (χ1n) is 6.39. The van der Waals surface area contributed by atoms with E-state index in [1.54, 1.807) is 14.2 Å². The summed E-state index contributed by atoms with van der Waals surface area (Å²) in [6.07, 6.45) is 1.85. The number of pyridine rings is 1. The number of hydrogen-bond donors (Lipinski definition) is 0. The first kappa shape index (κ1) is 12.5. The first-order valence-corrected chi connectivity index (χ1v) is 6.39. The van der Waals surface area contributed by atoms with Crippen LogP contribution in [-0.2, 0) is 0 Å². The molecular weight excluding hydrogens is 250 g/mol. The van der Waals surface area contributed by atoms with E-state index in [2.05, 4.69) is 17.1 Å². The maximum Gasteiger partial charge on any atom is 0.128 e. The Balaban J connectivity index is 2.08. The number of aromatic nitrogens is 1. The second-order valence-electron chi connectivity index (χ2n) is 4.48. The van der Waals surface area contributed by atoms with Crippen LogP contribution in [0.15, 0.2) is 54.7 Å². The van der Waals surface area contributed by atoms with Gasteiger partial charge < -0.3 is 9.47 Å². The molecule has 0 bridgehead atoms. The van der Waals surface area contributed by atoms with Crippen molar-refractivity contribution in [2.45, 2.75) is 0 Å². The Labute approximate surface area is 117 Å². The van der Waals surface area contributed by atoms with Gasteiger partial charge in [0.1, 0.15) is 11.5 Å². The molecule has 0 fully saturated rings. The lowest BCUT2D eigenvalue weighted by molar-refractivity contribution is 0.415. The Kier molecular flexibility index (Phi) is 3.25. The third-order valence-corrected chi connectivity index (χ3v) is 3.33. The molecule has 0 radical (unpaired) electrons. The molecule has 0 aliphatic carbocycles. The minimum absolute atomic E-state index is 0.844. The average molecular weight is 265 g/mol. The molecule has 3 rings (SSSR count). The summed E-state index contributed by atoms with van der Waals surface area (Å²) in [6.45, 7) is 0. The van der Waals surface area contributed by atoms with Crippen molar-refractivity contribution in [2.75, 3.05) is 14.2 Å². The molecule has 2 aromatic carbocycles. The monoisotopic (exact) mass is 265 g/mol. The summed E-state index contributed by atoms with van der Waals surface area (Å²) in [7, 11) is 3.34. The summed E-state index contributed by atoms with van der Waals surface area (Å²) in [5.74, 6) is 1.69. The zero-order valence-electron chi connectivity index (χ0n) is 11.5. The van der Waals surface area contributed by atoms with E-state index in [9.17, 15) is 0 Å². The highest BCUT2D eigenvalue weighted by Crippen LogP contribution is 2.28. The molecule has 3 aromatic rings. The quantitative estimate of drug-likeness (QED) is 0.719. The van der Waals surface area contributed by atoms with Gasteiger partial charge in [0, 0.05) is 17.1 Å². The van der Waals surface area contributed by atoms with Gasteiger partial charge in [-0.05, 0) is 41.8 Å². The predicted molar refractivity (Wildman–Crippen MR) is 80.3 cm³/mol. The largest absolute Gasteiger partial charge is 0.497 e. The van der Waals surface area contributed by atoms with Crippen LogP contribution in [0.25, 0.3) is 22.0 Å². The van der Waals surface area contributed by atoms with Crippen LogP contribution in [0, 0.1) is 0 Å². The minimum Gasteiger partial charge on any atom is -0.497 e. The zero-order valence-corrected chi connectivity index (χ0v) is 11.5. The normalized spacial score (nSPS) is 10.5. The maximum atomic E-state index is 5.35. The van der Waals surface area contributed by atoms with Crippen molar-refractivity contribution in [1.82, 2.24) is 4.98 Å². The van der Waals surface area contributed by atoms with Gasteiger partial charge in [0.05, 0.1) is 19.9 Å². The lowest BCUT2D eigenvalue weighted by atomic mass is 10.1. The van der Waals surface area contributed by atoms with Gasteiger partial charge in [-0.3, -0.25) is 4.98 Å². The van der Waals surface area contributed by atoms with E-state index >= 15 is 0 Å². The summed E-state index contributed by atoms with van der Waals surface area (Å²) in [4.78, 5) is 4.52. The first-order chi connectivity index (χ1) is 9.81. The second kappa shape index (κ2) is 5.21. The van der Waals surface area contributed by atoms with Gasteiger partial charge in [0.15, 0.2) is 0 Å². The number of methoxy groups -OCH3 is 2. The lowest BCUT2D eigenvalue weighted by Crippen LogP contribution is -1.88. The van der Waals surface area contributed by atoms with Crippen LogP contribution in [0.2, 0.25) is 0 Å². The van der Waals surface area contributed by atoms with Crippen LogP contribution < -0.4 is 9.47 Å². The molecule has 0 aliphatic rings. The molecular formula is C17H15NO2. The molecule has 20 heavy (non-hydrogen) atoms. The van der Waals surface area contributed by atoms with Crippen molar-refractivity contribution in [3.63, 3.8) is 0 Å². The van der Waals surface area contributed by atoms with Gasteiger partial charge in [0.25, 0.3) is 0 Å². The second-order valence-corrected chi connectivity index (χ2v) is 4.48. The van der Waals surface area contributed by atoms with E-state index in [4.69, 9.17) is 9.47 Å². The fourth-order valence-corrected chi connectivity index (χ4v) is 2.24. The third-order valence-electron chi connectivity index (χ3n) is 3.33. The molecule has 0 amide bonds. The van der Waals surface area contributed by atoms with Crippen LogP contribution in [0.4, 0.5) is 0 Å².